The lowest BCUT2D eigenvalue weighted by Crippen LogP contribution is -2.35. The van der Waals surface area contributed by atoms with Crippen molar-refractivity contribution >= 4 is 5.69 Å². The Bertz CT molecular complexity index is 355. The standard InChI is InChI=1S/C11H13F2N/c1-7-4-3-5-8-6-9(11(2,12)13)14-10(7)8/h3-5,9,14H,6H2,1-2H3. The van der Waals surface area contributed by atoms with Crippen LogP contribution in [0, 0.1) is 6.92 Å². The smallest absolute Gasteiger partial charge is 0.265 e. The van der Waals surface area contributed by atoms with Gasteiger partial charge in [0.05, 0.1) is 6.04 Å². The number of hydrogen-bond donors (Lipinski definition) is 1. The van der Waals surface area contributed by atoms with Crippen LogP contribution < -0.4 is 5.32 Å². The maximum atomic E-state index is 13.1. The fourth-order valence-electron chi connectivity index (χ4n) is 1.86. The summed E-state index contributed by atoms with van der Waals surface area (Å²) in [6.07, 6.45) is 0.417. The first-order valence-electron chi connectivity index (χ1n) is 4.71. The van der Waals surface area contributed by atoms with Gasteiger partial charge in [-0.1, -0.05) is 18.2 Å². The van der Waals surface area contributed by atoms with Gasteiger partial charge in [-0.15, -0.1) is 0 Å². The van der Waals surface area contributed by atoms with E-state index in [0.717, 1.165) is 23.7 Å². The lowest BCUT2D eigenvalue weighted by atomic mass is 10.0. The van der Waals surface area contributed by atoms with Crippen LogP contribution in [0.3, 0.4) is 0 Å². The Morgan fingerprint density at radius 3 is 2.71 bits per heavy atom. The molecule has 0 aromatic heterocycles. The third-order valence-corrected chi connectivity index (χ3v) is 2.71. The highest BCUT2D eigenvalue weighted by Crippen LogP contribution is 2.34. The van der Waals surface area contributed by atoms with Crippen LogP contribution >= 0.6 is 0 Å². The van der Waals surface area contributed by atoms with E-state index in [9.17, 15) is 8.78 Å². The van der Waals surface area contributed by atoms with E-state index in [0.29, 0.717) is 6.42 Å². The Labute approximate surface area is 82.1 Å². The number of benzene rings is 1. The Morgan fingerprint density at radius 1 is 1.43 bits per heavy atom. The molecule has 0 bridgehead atoms. The zero-order valence-corrected chi connectivity index (χ0v) is 8.27. The van der Waals surface area contributed by atoms with E-state index in [1.807, 2.05) is 25.1 Å². The molecule has 1 aromatic carbocycles. The molecule has 1 nitrogen and oxygen atoms in total. The van der Waals surface area contributed by atoms with E-state index in [-0.39, 0.29) is 0 Å². The first-order valence-corrected chi connectivity index (χ1v) is 4.71. The molecule has 0 saturated carbocycles. The van der Waals surface area contributed by atoms with Crippen molar-refractivity contribution in [1.29, 1.82) is 0 Å². The lowest BCUT2D eigenvalue weighted by molar-refractivity contribution is 0.00370. The van der Waals surface area contributed by atoms with Crippen molar-refractivity contribution in [3.8, 4) is 0 Å². The van der Waals surface area contributed by atoms with Gasteiger partial charge in [0.25, 0.3) is 5.92 Å². The van der Waals surface area contributed by atoms with E-state index in [1.54, 1.807) is 0 Å². The number of anilines is 1. The van der Waals surface area contributed by atoms with Crippen LogP contribution in [-0.4, -0.2) is 12.0 Å². The van der Waals surface area contributed by atoms with Gasteiger partial charge in [-0.25, -0.2) is 8.78 Å². The lowest BCUT2D eigenvalue weighted by Gasteiger charge is -2.19. The molecule has 0 fully saturated rings. The number of halogens is 2. The van der Waals surface area contributed by atoms with Crippen molar-refractivity contribution in [2.45, 2.75) is 32.2 Å². The minimum Gasteiger partial charge on any atom is -0.376 e. The molecule has 1 aromatic rings. The van der Waals surface area contributed by atoms with Crippen molar-refractivity contribution in [2.75, 3.05) is 5.32 Å². The minimum atomic E-state index is -2.66. The quantitative estimate of drug-likeness (QED) is 0.729. The minimum absolute atomic E-state index is 0.417. The Morgan fingerprint density at radius 2 is 2.14 bits per heavy atom. The number of alkyl halides is 2. The highest BCUT2D eigenvalue weighted by Gasteiger charge is 2.38. The fraction of sp³-hybridized carbons (Fsp3) is 0.455. The van der Waals surface area contributed by atoms with Gasteiger partial charge < -0.3 is 5.32 Å². The number of fused-ring (bicyclic) bond motifs is 1. The molecule has 2 rings (SSSR count). The Kier molecular flexibility index (Phi) is 1.98. The molecule has 1 atom stereocenters. The molecular formula is C11H13F2N. The summed E-state index contributed by atoms with van der Waals surface area (Å²) >= 11 is 0. The zero-order chi connectivity index (χ0) is 10.3. The highest BCUT2D eigenvalue weighted by atomic mass is 19.3. The second kappa shape index (κ2) is 2.94. The van der Waals surface area contributed by atoms with Gasteiger partial charge in [0, 0.05) is 19.0 Å². The number of aryl methyl sites for hydroxylation is 1. The largest absolute Gasteiger partial charge is 0.376 e. The van der Waals surface area contributed by atoms with Crippen LogP contribution in [0.5, 0.6) is 0 Å². The van der Waals surface area contributed by atoms with Gasteiger partial charge >= 0.3 is 0 Å². The summed E-state index contributed by atoms with van der Waals surface area (Å²) in [4.78, 5) is 0. The van der Waals surface area contributed by atoms with Crippen LogP contribution in [0.2, 0.25) is 0 Å². The van der Waals surface area contributed by atoms with Gasteiger partial charge in [-0.3, -0.25) is 0 Å². The van der Waals surface area contributed by atoms with Crippen molar-refractivity contribution < 1.29 is 8.78 Å². The molecule has 1 heterocycles. The third kappa shape index (κ3) is 1.47. The molecule has 0 amide bonds. The molecule has 0 spiro atoms. The van der Waals surface area contributed by atoms with Crippen LogP contribution in [-0.2, 0) is 6.42 Å². The topological polar surface area (TPSA) is 12.0 Å². The normalized spacial score (nSPS) is 20.4. The number of rotatable bonds is 1. The summed E-state index contributed by atoms with van der Waals surface area (Å²) in [5.41, 5.74) is 2.92. The second-order valence-corrected chi connectivity index (χ2v) is 3.97. The molecule has 0 aliphatic carbocycles. The first kappa shape index (κ1) is 9.44. The SMILES string of the molecule is Cc1cccc2c1NC(C(C)(F)F)C2. The average molecular weight is 197 g/mol. The van der Waals surface area contributed by atoms with E-state index in [1.165, 1.54) is 0 Å². The van der Waals surface area contributed by atoms with Crippen molar-refractivity contribution in [3.63, 3.8) is 0 Å². The van der Waals surface area contributed by atoms with E-state index >= 15 is 0 Å². The third-order valence-electron chi connectivity index (χ3n) is 2.71. The van der Waals surface area contributed by atoms with Gasteiger partial charge in [0.1, 0.15) is 0 Å². The molecular weight excluding hydrogens is 184 g/mol. The van der Waals surface area contributed by atoms with E-state index in [4.69, 9.17) is 0 Å². The van der Waals surface area contributed by atoms with E-state index in [2.05, 4.69) is 5.32 Å². The van der Waals surface area contributed by atoms with Crippen molar-refractivity contribution in [1.82, 2.24) is 0 Å². The Balaban J connectivity index is 2.31. The van der Waals surface area contributed by atoms with Gasteiger partial charge in [-0.2, -0.15) is 0 Å². The van der Waals surface area contributed by atoms with Crippen LogP contribution in [0.4, 0.5) is 14.5 Å². The molecule has 1 unspecified atom stereocenters. The number of hydrogen-bond acceptors (Lipinski definition) is 1. The Hall–Kier alpha value is -1.12. The van der Waals surface area contributed by atoms with Crippen LogP contribution in [0.15, 0.2) is 18.2 Å². The molecule has 0 radical (unpaired) electrons. The monoisotopic (exact) mass is 197 g/mol. The predicted molar refractivity (Wildman–Crippen MR) is 52.9 cm³/mol. The molecule has 1 aliphatic heterocycles. The predicted octanol–water partition coefficient (Wildman–Crippen LogP) is 2.99. The van der Waals surface area contributed by atoms with Crippen LogP contribution in [0.25, 0.3) is 0 Å². The van der Waals surface area contributed by atoms with Gasteiger partial charge in [0.2, 0.25) is 0 Å². The number of nitrogens with one attached hydrogen (secondary N) is 1. The summed E-state index contributed by atoms with van der Waals surface area (Å²) in [5, 5.41) is 2.89. The van der Waals surface area contributed by atoms with Gasteiger partial charge in [0.15, 0.2) is 0 Å². The molecule has 14 heavy (non-hydrogen) atoms. The first-order chi connectivity index (χ1) is 6.48. The summed E-state index contributed by atoms with van der Waals surface area (Å²) in [5.74, 6) is -2.66. The summed E-state index contributed by atoms with van der Waals surface area (Å²) < 4.78 is 26.1. The maximum Gasteiger partial charge on any atom is 0.265 e. The van der Waals surface area contributed by atoms with E-state index < -0.39 is 12.0 Å². The van der Waals surface area contributed by atoms with Crippen LogP contribution in [0.1, 0.15) is 18.1 Å². The summed E-state index contributed by atoms with van der Waals surface area (Å²) in [6, 6.07) is 4.99. The zero-order valence-electron chi connectivity index (χ0n) is 8.27. The second-order valence-electron chi connectivity index (χ2n) is 3.97. The molecule has 76 valence electrons. The summed E-state index contributed by atoms with van der Waals surface area (Å²) in [6.45, 7) is 2.90. The van der Waals surface area contributed by atoms with Crippen molar-refractivity contribution in [3.05, 3.63) is 29.3 Å². The molecule has 0 saturated heterocycles. The highest BCUT2D eigenvalue weighted by molar-refractivity contribution is 5.62. The number of para-hydroxylation sites is 1. The summed E-state index contributed by atoms with van der Waals surface area (Å²) in [7, 11) is 0. The van der Waals surface area contributed by atoms with Gasteiger partial charge in [-0.05, 0) is 18.1 Å². The molecule has 1 N–H and O–H groups in total. The molecule has 1 aliphatic rings. The maximum absolute atomic E-state index is 13.1. The average Bonchev–Trinajstić information content (AvgIpc) is 2.48. The van der Waals surface area contributed by atoms with Crippen molar-refractivity contribution in [2.24, 2.45) is 0 Å². The molecule has 3 heteroatoms. The fourth-order valence-corrected chi connectivity index (χ4v) is 1.86.